The average Bonchev–Trinajstić information content (AvgIpc) is 2.80. The van der Waals surface area contributed by atoms with E-state index in [0.29, 0.717) is 24.7 Å². The van der Waals surface area contributed by atoms with Crippen molar-refractivity contribution in [3.05, 3.63) is 58.9 Å². The molecule has 2 aromatic carbocycles. The molecule has 0 radical (unpaired) electrons. The number of piperidine rings is 1. The number of sulfonamides is 1. The van der Waals surface area contributed by atoms with Crippen molar-refractivity contribution < 1.29 is 35.9 Å². The van der Waals surface area contributed by atoms with Gasteiger partial charge in [0, 0.05) is 13.1 Å². The zero-order valence-electron chi connectivity index (χ0n) is 18.0. The van der Waals surface area contributed by atoms with Crippen LogP contribution in [0.25, 0.3) is 0 Å². The monoisotopic (exact) mass is 484 g/mol. The maximum atomic E-state index is 13.8. The number of halogens is 3. The molecule has 1 fully saturated rings. The van der Waals surface area contributed by atoms with E-state index in [9.17, 15) is 31.2 Å². The fourth-order valence-electron chi connectivity index (χ4n) is 3.39. The summed E-state index contributed by atoms with van der Waals surface area (Å²) in [6.45, 7) is 3.60. The minimum Gasteiger partial charge on any atom is -0.449 e. The summed E-state index contributed by atoms with van der Waals surface area (Å²) in [7, 11) is -3.81. The van der Waals surface area contributed by atoms with Crippen LogP contribution < -0.4 is 5.32 Å². The van der Waals surface area contributed by atoms with E-state index >= 15 is 0 Å². The van der Waals surface area contributed by atoms with Gasteiger partial charge in [0.05, 0.1) is 16.1 Å². The molecule has 33 heavy (non-hydrogen) atoms. The molecule has 0 spiro atoms. The van der Waals surface area contributed by atoms with E-state index in [4.69, 9.17) is 4.74 Å². The first-order valence-electron chi connectivity index (χ1n) is 10.3. The highest BCUT2D eigenvalue weighted by Gasteiger charge is 2.29. The second-order valence-electron chi connectivity index (χ2n) is 7.70. The molecular formula is C22H23F3N2O5S. The topological polar surface area (TPSA) is 92.8 Å². The second-order valence-corrected chi connectivity index (χ2v) is 9.61. The van der Waals surface area contributed by atoms with Crippen LogP contribution >= 0.6 is 0 Å². The highest BCUT2D eigenvalue weighted by Crippen LogP contribution is 2.25. The minimum absolute atomic E-state index is 0.0280. The van der Waals surface area contributed by atoms with Crippen molar-refractivity contribution in [2.75, 3.05) is 18.4 Å². The summed E-state index contributed by atoms with van der Waals surface area (Å²) < 4.78 is 72.6. The molecule has 1 amide bonds. The van der Waals surface area contributed by atoms with Crippen molar-refractivity contribution in [1.29, 1.82) is 0 Å². The summed E-state index contributed by atoms with van der Waals surface area (Å²) in [5.41, 5.74) is -0.251. The van der Waals surface area contributed by atoms with Gasteiger partial charge in [-0.1, -0.05) is 12.5 Å². The van der Waals surface area contributed by atoms with Crippen molar-refractivity contribution in [3.8, 4) is 0 Å². The van der Waals surface area contributed by atoms with Gasteiger partial charge in [0.15, 0.2) is 23.6 Å². The smallest absolute Gasteiger partial charge is 0.338 e. The molecule has 1 saturated heterocycles. The first-order valence-corrected chi connectivity index (χ1v) is 11.7. The summed E-state index contributed by atoms with van der Waals surface area (Å²) in [6, 6.07) is 5.50. The Hall–Kier alpha value is -2.92. The maximum absolute atomic E-state index is 13.8. The third kappa shape index (κ3) is 5.36. The molecule has 0 unspecified atom stereocenters. The van der Waals surface area contributed by atoms with Crippen molar-refractivity contribution in [1.82, 2.24) is 4.31 Å². The number of amides is 1. The van der Waals surface area contributed by atoms with E-state index < -0.39 is 51.1 Å². The lowest BCUT2D eigenvalue weighted by Gasteiger charge is -2.26. The molecule has 1 N–H and O–H groups in total. The number of hydrogen-bond donors (Lipinski definition) is 1. The zero-order valence-corrected chi connectivity index (χ0v) is 18.8. The van der Waals surface area contributed by atoms with Gasteiger partial charge in [-0.15, -0.1) is 0 Å². The predicted molar refractivity (Wildman–Crippen MR) is 114 cm³/mol. The second kappa shape index (κ2) is 9.92. The van der Waals surface area contributed by atoms with Crippen LogP contribution in [0, 0.1) is 24.4 Å². The van der Waals surface area contributed by atoms with Gasteiger partial charge in [-0.3, -0.25) is 4.79 Å². The van der Waals surface area contributed by atoms with Gasteiger partial charge in [0.2, 0.25) is 10.0 Å². The molecule has 1 heterocycles. The number of anilines is 1. The van der Waals surface area contributed by atoms with E-state index in [0.717, 1.165) is 25.3 Å². The summed E-state index contributed by atoms with van der Waals surface area (Å²) in [5.74, 6) is -6.72. The Morgan fingerprint density at radius 1 is 1.03 bits per heavy atom. The highest BCUT2D eigenvalue weighted by molar-refractivity contribution is 7.89. The van der Waals surface area contributed by atoms with Crippen LogP contribution in [0.1, 0.15) is 42.1 Å². The van der Waals surface area contributed by atoms with Crippen LogP contribution in [0.4, 0.5) is 18.9 Å². The molecule has 178 valence electrons. The normalized spacial score (nSPS) is 15.7. The lowest BCUT2D eigenvalue weighted by molar-refractivity contribution is -0.123. The van der Waals surface area contributed by atoms with Crippen molar-refractivity contribution in [3.63, 3.8) is 0 Å². The van der Waals surface area contributed by atoms with Gasteiger partial charge in [0.1, 0.15) is 0 Å². The fourth-order valence-corrected chi connectivity index (χ4v) is 5.16. The fraction of sp³-hybridized carbons (Fsp3) is 0.364. The summed E-state index contributed by atoms with van der Waals surface area (Å²) in [6.07, 6.45) is 1.02. The molecule has 2 aromatic rings. The van der Waals surface area contributed by atoms with Crippen LogP contribution in [-0.2, 0) is 19.6 Å². The molecule has 1 atom stereocenters. The molecular weight excluding hydrogens is 461 g/mol. The minimum atomic E-state index is -3.81. The maximum Gasteiger partial charge on any atom is 0.338 e. The standard InChI is InChI=1S/C22H23F3N2O5S/c1-13-6-7-15(12-18(13)33(30,31)27-10-4-3-5-11-27)22(29)32-14(2)21(28)26-17-9-8-16(23)19(24)20(17)25/h6-9,12,14H,3-5,10-11H2,1-2H3,(H,26,28)/t14-/m1/s1. The summed E-state index contributed by atoms with van der Waals surface area (Å²) >= 11 is 0. The Morgan fingerprint density at radius 3 is 2.36 bits per heavy atom. The van der Waals surface area contributed by atoms with Crippen LogP contribution in [0.5, 0.6) is 0 Å². The number of hydrogen-bond acceptors (Lipinski definition) is 5. The average molecular weight is 484 g/mol. The van der Waals surface area contributed by atoms with Crippen LogP contribution in [0.15, 0.2) is 35.2 Å². The first kappa shape index (κ1) is 24.7. The zero-order chi connectivity index (χ0) is 24.3. The highest BCUT2D eigenvalue weighted by atomic mass is 32.2. The van der Waals surface area contributed by atoms with Gasteiger partial charge in [-0.2, -0.15) is 4.31 Å². The number of aryl methyl sites for hydroxylation is 1. The molecule has 7 nitrogen and oxygen atoms in total. The Kier molecular flexibility index (Phi) is 7.43. The van der Waals surface area contributed by atoms with Gasteiger partial charge in [-0.05, 0) is 56.5 Å². The predicted octanol–water partition coefficient (Wildman–Crippen LogP) is 3.77. The number of ether oxygens (including phenoxy) is 1. The van der Waals surface area contributed by atoms with Crippen LogP contribution in [0.3, 0.4) is 0 Å². The summed E-state index contributed by atoms with van der Waals surface area (Å²) in [5, 5.41) is 2.02. The summed E-state index contributed by atoms with van der Waals surface area (Å²) in [4.78, 5) is 24.8. The van der Waals surface area contributed by atoms with E-state index in [2.05, 4.69) is 0 Å². The number of rotatable bonds is 6. The lowest BCUT2D eigenvalue weighted by atomic mass is 10.1. The SMILES string of the molecule is Cc1ccc(C(=O)O[C@H](C)C(=O)Nc2ccc(F)c(F)c2F)cc1S(=O)(=O)N1CCCCC1. The lowest BCUT2D eigenvalue weighted by Crippen LogP contribution is -2.36. The number of carbonyl (C=O) groups is 2. The van der Waals surface area contributed by atoms with Crippen molar-refractivity contribution >= 4 is 27.6 Å². The van der Waals surface area contributed by atoms with Gasteiger partial charge in [-0.25, -0.2) is 26.4 Å². The Labute approximate surface area is 189 Å². The Morgan fingerprint density at radius 2 is 1.70 bits per heavy atom. The third-order valence-electron chi connectivity index (χ3n) is 5.30. The van der Waals surface area contributed by atoms with E-state index in [1.165, 1.54) is 29.4 Å². The molecule has 0 saturated carbocycles. The molecule has 1 aliphatic rings. The molecule has 11 heteroatoms. The van der Waals surface area contributed by atoms with E-state index in [1.54, 1.807) is 6.92 Å². The molecule has 0 bridgehead atoms. The van der Waals surface area contributed by atoms with Crippen molar-refractivity contribution in [2.24, 2.45) is 0 Å². The quantitative estimate of drug-likeness (QED) is 0.498. The number of carbonyl (C=O) groups excluding carboxylic acids is 2. The van der Waals surface area contributed by atoms with Gasteiger partial charge < -0.3 is 10.1 Å². The Bertz CT molecular complexity index is 1180. The van der Waals surface area contributed by atoms with Gasteiger partial charge >= 0.3 is 5.97 Å². The number of nitrogens with zero attached hydrogens (tertiary/aromatic N) is 1. The first-order chi connectivity index (χ1) is 15.5. The largest absolute Gasteiger partial charge is 0.449 e. The van der Waals surface area contributed by atoms with E-state index in [1.807, 2.05) is 5.32 Å². The molecule has 3 rings (SSSR count). The number of nitrogens with one attached hydrogen (secondary N) is 1. The molecule has 0 aromatic heterocycles. The van der Waals surface area contributed by atoms with Crippen molar-refractivity contribution in [2.45, 2.75) is 44.1 Å². The number of benzene rings is 2. The number of esters is 1. The van der Waals surface area contributed by atoms with Crippen LogP contribution in [-0.4, -0.2) is 43.8 Å². The Balaban J connectivity index is 1.74. The van der Waals surface area contributed by atoms with Crippen LogP contribution in [0.2, 0.25) is 0 Å². The van der Waals surface area contributed by atoms with E-state index in [-0.39, 0.29) is 10.5 Å². The molecule has 0 aliphatic carbocycles. The van der Waals surface area contributed by atoms with Gasteiger partial charge in [0.25, 0.3) is 5.91 Å². The third-order valence-corrected chi connectivity index (χ3v) is 7.34. The molecule has 1 aliphatic heterocycles.